The topological polar surface area (TPSA) is 38.7 Å². The van der Waals surface area contributed by atoms with Crippen molar-refractivity contribution in [2.75, 3.05) is 0 Å². The molecule has 0 aliphatic carbocycles. The van der Waals surface area contributed by atoms with Crippen LogP contribution >= 0.6 is 22.7 Å². The van der Waals surface area contributed by atoms with Crippen LogP contribution in [0.2, 0.25) is 0 Å². The fourth-order valence-electron chi connectivity index (χ4n) is 8.63. The monoisotopic (exact) mass is 773 g/mol. The number of rotatable bonds is 5. The van der Waals surface area contributed by atoms with Crippen LogP contribution in [0.3, 0.4) is 0 Å². The van der Waals surface area contributed by atoms with E-state index in [0.29, 0.717) is 17.5 Å². The van der Waals surface area contributed by atoms with E-state index < -0.39 is 0 Å². The van der Waals surface area contributed by atoms with E-state index in [0.717, 1.165) is 22.3 Å². The molecule has 0 fully saturated rings. The Morgan fingerprint density at radius 1 is 0.276 bits per heavy atom. The van der Waals surface area contributed by atoms with Gasteiger partial charge in [-0.25, -0.2) is 15.0 Å². The van der Waals surface area contributed by atoms with E-state index in [1.54, 1.807) is 11.3 Å². The quantitative estimate of drug-likeness (QED) is 0.164. The van der Waals surface area contributed by atoms with Gasteiger partial charge in [-0.15, -0.1) is 22.7 Å². The lowest BCUT2D eigenvalue weighted by Gasteiger charge is -2.12. The molecule has 5 heteroatoms. The minimum Gasteiger partial charge on any atom is -0.208 e. The van der Waals surface area contributed by atoms with Crippen LogP contribution in [-0.4, -0.2) is 15.0 Å². The third kappa shape index (κ3) is 5.36. The van der Waals surface area contributed by atoms with Crippen molar-refractivity contribution < 1.29 is 0 Å². The van der Waals surface area contributed by atoms with Crippen molar-refractivity contribution in [2.24, 2.45) is 0 Å². The summed E-state index contributed by atoms with van der Waals surface area (Å²) >= 11 is 3.66. The van der Waals surface area contributed by atoms with Crippen molar-refractivity contribution in [2.45, 2.75) is 0 Å². The normalized spacial score (nSPS) is 11.8. The van der Waals surface area contributed by atoms with Gasteiger partial charge in [-0.2, -0.15) is 0 Å². The van der Waals surface area contributed by atoms with Gasteiger partial charge >= 0.3 is 0 Å². The highest BCUT2D eigenvalue weighted by molar-refractivity contribution is 7.26. The maximum atomic E-state index is 5.18. The molecule has 0 unspecified atom stereocenters. The predicted molar refractivity (Wildman–Crippen MR) is 248 cm³/mol. The summed E-state index contributed by atoms with van der Waals surface area (Å²) in [6.45, 7) is 0. The van der Waals surface area contributed by atoms with Gasteiger partial charge in [0.15, 0.2) is 17.5 Å². The van der Waals surface area contributed by atoms with Crippen molar-refractivity contribution >= 4 is 84.6 Å². The number of hydrogen-bond acceptors (Lipinski definition) is 5. The molecule has 0 spiro atoms. The van der Waals surface area contributed by atoms with Gasteiger partial charge in [-0.3, -0.25) is 0 Å². The molecule has 0 amide bonds. The SMILES string of the molecule is c1ccc(-c2nc(-c3ccc(-c4cccc5sc6ccc(-c7cc8ccccc8c8ccccc78)cc6c45)cc3)nc(-c3cccc4sc5ccccc5c34)n2)cc1. The first kappa shape index (κ1) is 33.1. The summed E-state index contributed by atoms with van der Waals surface area (Å²) in [7, 11) is 0. The van der Waals surface area contributed by atoms with Gasteiger partial charge in [0.25, 0.3) is 0 Å². The van der Waals surface area contributed by atoms with Gasteiger partial charge in [0.05, 0.1) is 0 Å². The number of nitrogens with zero attached hydrogens (tertiary/aromatic N) is 3. The number of aromatic nitrogens is 3. The Morgan fingerprint density at radius 2 is 0.810 bits per heavy atom. The van der Waals surface area contributed by atoms with Crippen LogP contribution in [0.25, 0.3) is 118 Å². The smallest absolute Gasteiger partial charge is 0.164 e. The lowest BCUT2D eigenvalue weighted by atomic mass is 9.92. The van der Waals surface area contributed by atoms with Crippen molar-refractivity contribution in [3.8, 4) is 56.4 Å². The van der Waals surface area contributed by atoms with Gasteiger partial charge in [0, 0.05) is 57.0 Å². The highest BCUT2D eigenvalue weighted by Gasteiger charge is 2.18. The van der Waals surface area contributed by atoms with Crippen molar-refractivity contribution in [1.82, 2.24) is 15.0 Å². The molecular weight excluding hydrogens is 743 g/mol. The van der Waals surface area contributed by atoms with Crippen LogP contribution in [0.1, 0.15) is 0 Å². The van der Waals surface area contributed by atoms with Crippen LogP contribution in [0.15, 0.2) is 188 Å². The van der Waals surface area contributed by atoms with Crippen molar-refractivity contribution in [3.05, 3.63) is 188 Å². The van der Waals surface area contributed by atoms with Crippen LogP contribution in [0.5, 0.6) is 0 Å². The van der Waals surface area contributed by atoms with E-state index in [4.69, 9.17) is 15.0 Å². The third-order valence-corrected chi connectivity index (χ3v) is 13.6. The van der Waals surface area contributed by atoms with Gasteiger partial charge in [-0.1, -0.05) is 152 Å². The molecule has 270 valence electrons. The summed E-state index contributed by atoms with van der Waals surface area (Å²) < 4.78 is 5.04. The maximum Gasteiger partial charge on any atom is 0.164 e. The number of thiophene rings is 2. The molecule has 3 aromatic heterocycles. The Kier molecular flexibility index (Phi) is 7.58. The molecular formula is C53H31N3S2. The lowest BCUT2D eigenvalue weighted by molar-refractivity contribution is 1.08. The molecule has 12 rings (SSSR count). The summed E-state index contributed by atoms with van der Waals surface area (Å²) in [5, 5.41) is 10.1. The molecule has 0 atom stereocenters. The number of hydrogen-bond donors (Lipinski definition) is 0. The average Bonchev–Trinajstić information content (AvgIpc) is 3.87. The standard InChI is InChI=1S/C53H31N3S2/c1-2-12-33(13-3-1)51-54-52(56-53(55-51)42-20-11-23-48-50(42)41-18-8-9-21-45(41)57-48)34-26-24-32(25-27-34)38-19-10-22-47-49(38)44-31-36(28-29-46(44)58-47)43-30-35-14-4-5-15-37(35)39-16-6-7-17-40(39)43/h1-31H. The molecule has 0 radical (unpaired) electrons. The Balaban J connectivity index is 0.989. The molecule has 58 heavy (non-hydrogen) atoms. The van der Waals surface area contributed by atoms with E-state index in [2.05, 4.69) is 170 Å². The Hall–Kier alpha value is -7.05. The fourth-order valence-corrected chi connectivity index (χ4v) is 10.9. The summed E-state index contributed by atoms with van der Waals surface area (Å²) in [6, 6.07) is 67.5. The second-order valence-corrected chi connectivity index (χ2v) is 16.9. The molecule has 3 nitrogen and oxygen atoms in total. The average molecular weight is 774 g/mol. The zero-order valence-electron chi connectivity index (χ0n) is 31.1. The minimum absolute atomic E-state index is 0.651. The summed E-state index contributed by atoms with van der Waals surface area (Å²) in [5.74, 6) is 1.98. The Morgan fingerprint density at radius 3 is 1.59 bits per heavy atom. The Labute approximate surface area is 342 Å². The van der Waals surface area contributed by atoms with Gasteiger partial charge in [0.2, 0.25) is 0 Å². The number of benzene rings is 9. The highest BCUT2D eigenvalue weighted by Crippen LogP contribution is 2.44. The molecule has 0 N–H and O–H groups in total. The molecule has 0 bridgehead atoms. The summed E-state index contributed by atoms with van der Waals surface area (Å²) in [4.78, 5) is 15.4. The molecule has 0 aliphatic rings. The zero-order valence-corrected chi connectivity index (χ0v) is 32.7. The molecule has 3 heterocycles. The first-order valence-corrected chi connectivity index (χ1v) is 21.1. The third-order valence-electron chi connectivity index (χ3n) is 11.3. The molecule has 0 aliphatic heterocycles. The van der Waals surface area contributed by atoms with Gasteiger partial charge in [0.1, 0.15) is 0 Å². The van der Waals surface area contributed by atoms with Crippen LogP contribution in [0, 0.1) is 0 Å². The zero-order chi connectivity index (χ0) is 38.2. The van der Waals surface area contributed by atoms with Crippen LogP contribution in [-0.2, 0) is 0 Å². The fraction of sp³-hybridized carbons (Fsp3) is 0. The van der Waals surface area contributed by atoms with Gasteiger partial charge in [-0.05, 0) is 80.2 Å². The second kappa shape index (κ2) is 13.3. The predicted octanol–water partition coefficient (Wildman–Crippen LogP) is 15.2. The largest absolute Gasteiger partial charge is 0.208 e. The first-order valence-electron chi connectivity index (χ1n) is 19.4. The molecule has 12 aromatic rings. The molecule has 0 saturated carbocycles. The molecule has 9 aromatic carbocycles. The summed E-state index contributed by atoms with van der Waals surface area (Å²) in [5.41, 5.74) is 7.77. The van der Waals surface area contributed by atoms with E-state index in [1.807, 2.05) is 29.5 Å². The van der Waals surface area contributed by atoms with E-state index in [1.165, 1.54) is 78.6 Å². The van der Waals surface area contributed by atoms with Crippen molar-refractivity contribution in [1.29, 1.82) is 0 Å². The van der Waals surface area contributed by atoms with E-state index >= 15 is 0 Å². The van der Waals surface area contributed by atoms with E-state index in [9.17, 15) is 0 Å². The molecule has 0 saturated heterocycles. The van der Waals surface area contributed by atoms with Crippen LogP contribution in [0.4, 0.5) is 0 Å². The minimum atomic E-state index is 0.651. The first-order chi connectivity index (χ1) is 28.7. The van der Waals surface area contributed by atoms with E-state index in [-0.39, 0.29) is 0 Å². The Bertz CT molecular complexity index is 3570. The second-order valence-electron chi connectivity index (χ2n) is 14.7. The van der Waals surface area contributed by atoms with Crippen LogP contribution < -0.4 is 0 Å². The summed E-state index contributed by atoms with van der Waals surface area (Å²) in [6.07, 6.45) is 0. The maximum absolute atomic E-state index is 5.18. The van der Waals surface area contributed by atoms with Gasteiger partial charge < -0.3 is 0 Å². The highest BCUT2D eigenvalue weighted by atomic mass is 32.1. The number of fused-ring (bicyclic) bond motifs is 9. The van der Waals surface area contributed by atoms with Crippen molar-refractivity contribution in [3.63, 3.8) is 0 Å². The lowest BCUT2D eigenvalue weighted by Crippen LogP contribution is -2.00.